The minimum absolute atomic E-state index is 0.0265. The number of nitrogens with two attached hydrogens (primary N) is 1. The Hall–Kier alpha value is -2.33. The Morgan fingerprint density at radius 3 is 2.68 bits per heavy atom. The average molecular weight is 285 g/mol. The quantitative estimate of drug-likeness (QED) is 0.721. The maximum absolute atomic E-state index is 13.2. The van der Waals surface area contributed by atoms with E-state index in [4.69, 9.17) is 5.14 Å². The van der Waals surface area contributed by atoms with Crippen molar-refractivity contribution in [1.82, 2.24) is 15.4 Å². The Kier molecular flexibility index (Phi) is 3.27. The van der Waals surface area contributed by atoms with Crippen molar-refractivity contribution in [1.29, 1.82) is 0 Å². The van der Waals surface area contributed by atoms with Crippen LogP contribution in [0.1, 0.15) is 10.5 Å². The number of aromatic nitrogens is 3. The van der Waals surface area contributed by atoms with Crippen molar-refractivity contribution in [2.75, 3.05) is 5.32 Å². The number of hydrogen-bond donors (Lipinski definition) is 3. The largest absolute Gasteiger partial charge is 0.320 e. The number of nitrogens with zero attached hydrogens (tertiary/aromatic N) is 2. The van der Waals surface area contributed by atoms with Gasteiger partial charge in [0.25, 0.3) is 5.91 Å². The molecule has 0 fully saturated rings. The first-order valence-electron chi connectivity index (χ1n) is 4.87. The molecule has 0 radical (unpaired) electrons. The number of carbonyl (C=O) groups excluding carboxylic acids is 1. The minimum atomic E-state index is -4.06. The van der Waals surface area contributed by atoms with E-state index in [0.29, 0.717) is 0 Å². The lowest BCUT2D eigenvalue weighted by Crippen LogP contribution is -2.15. The van der Waals surface area contributed by atoms with E-state index in [9.17, 15) is 17.6 Å². The fraction of sp³-hybridized carbons (Fsp3) is 0. The molecule has 2 rings (SSSR count). The van der Waals surface area contributed by atoms with Crippen LogP contribution in [-0.2, 0) is 10.0 Å². The van der Waals surface area contributed by atoms with Crippen molar-refractivity contribution in [2.24, 2.45) is 5.14 Å². The fourth-order valence-electron chi connectivity index (χ4n) is 1.31. The van der Waals surface area contributed by atoms with Gasteiger partial charge in [-0.15, -0.1) is 0 Å². The van der Waals surface area contributed by atoms with E-state index in [-0.39, 0.29) is 11.4 Å². The molecule has 1 aromatic heterocycles. The number of primary sulfonamides is 1. The van der Waals surface area contributed by atoms with Crippen LogP contribution in [0.4, 0.5) is 10.1 Å². The molecule has 1 amide bonds. The van der Waals surface area contributed by atoms with Crippen LogP contribution in [0.15, 0.2) is 29.3 Å². The van der Waals surface area contributed by atoms with Crippen molar-refractivity contribution < 1.29 is 17.6 Å². The lowest BCUT2D eigenvalue weighted by atomic mass is 10.3. The normalized spacial score (nSPS) is 11.3. The van der Waals surface area contributed by atoms with Gasteiger partial charge in [-0.3, -0.25) is 4.79 Å². The van der Waals surface area contributed by atoms with Gasteiger partial charge in [-0.2, -0.15) is 15.4 Å². The molecular formula is C9H8FN5O3S. The molecule has 10 heteroatoms. The van der Waals surface area contributed by atoms with Crippen LogP contribution in [-0.4, -0.2) is 29.7 Å². The summed E-state index contributed by atoms with van der Waals surface area (Å²) in [4.78, 5) is 11.2. The zero-order chi connectivity index (χ0) is 14.0. The summed E-state index contributed by atoms with van der Waals surface area (Å²) >= 11 is 0. The summed E-state index contributed by atoms with van der Waals surface area (Å²) < 4.78 is 35.5. The number of nitrogens with one attached hydrogen (secondary N) is 2. The molecule has 1 aromatic carbocycles. The smallest absolute Gasteiger partial charge is 0.277 e. The third-order valence-corrected chi connectivity index (χ3v) is 3.00. The molecule has 0 aliphatic heterocycles. The molecule has 19 heavy (non-hydrogen) atoms. The summed E-state index contributed by atoms with van der Waals surface area (Å²) in [6.07, 6.45) is 1.16. The lowest BCUT2D eigenvalue weighted by molar-refractivity contribution is 0.102. The third kappa shape index (κ3) is 3.11. The maximum Gasteiger partial charge on any atom is 0.277 e. The number of halogens is 1. The predicted octanol–water partition coefficient (Wildman–Crippen LogP) is -0.157. The van der Waals surface area contributed by atoms with E-state index in [0.717, 1.165) is 24.4 Å². The van der Waals surface area contributed by atoms with Crippen LogP contribution in [0, 0.1) is 5.82 Å². The van der Waals surface area contributed by atoms with Crippen LogP contribution >= 0.6 is 0 Å². The molecule has 0 aliphatic carbocycles. The number of rotatable bonds is 3. The molecule has 0 bridgehead atoms. The number of aromatic amines is 1. The van der Waals surface area contributed by atoms with E-state index in [1.807, 2.05) is 0 Å². The zero-order valence-electron chi connectivity index (χ0n) is 9.29. The summed E-state index contributed by atoms with van der Waals surface area (Å²) in [5.74, 6) is -1.51. The molecule has 0 aliphatic rings. The predicted molar refractivity (Wildman–Crippen MR) is 62.1 cm³/mol. The number of benzene rings is 1. The van der Waals surface area contributed by atoms with Crippen LogP contribution in [0.25, 0.3) is 0 Å². The van der Waals surface area contributed by atoms with Gasteiger partial charge in [0.15, 0.2) is 5.69 Å². The van der Waals surface area contributed by atoms with Gasteiger partial charge in [-0.25, -0.2) is 17.9 Å². The van der Waals surface area contributed by atoms with Gasteiger partial charge in [0.1, 0.15) is 5.82 Å². The first kappa shape index (κ1) is 13.1. The van der Waals surface area contributed by atoms with Gasteiger partial charge >= 0.3 is 0 Å². The van der Waals surface area contributed by atoms with Gasteiger partial charge in [0.2, 0.25) is 10.0 Å². The highest BCUT2D eigenvalue weighted by Crippen LogP contribution is 2.17. The van der Waals surface area contributed by atoms with Crippen molar-refractivity contribution in [3.8, 4) is 0 Å². The Morgan fingerprint density at radius 2 is 2.11 bits per heavy atom. The number of carbonyl (C=O) groups is 1. The van der Waals surface area contributed by atoms with Gasteiger partial charge in [0, 0.05) is 5.69 Å². The summed E-state index contributed by atoms with van der Waals surface area (Å²) in [7, 11) is -4.06. The molecule has 1 heterocycles. The molecule has 8 nitrogen and oxygen atoms in total. The van der Waals surface area contributed by atoms with Gasteiger partial charge in [-0.05, 0) is 18.2 Å². The topological polar surface area (TPSA) is 131 Å². The Morgan fingerprint density at radius 1 is 1.37 bits per heavy atom. The molecule has 4 N–H and O–H groups in total. The molecule has 0 atom stereocenters. The van der Waals surface area contributed by atoms with Crippen LogP contribution in [0.5, 0.6) is 0 Å². The Labute approximate surface area is 106 Å². The van der Waals surface area contributed by atoms with E-state index in [1.54, 1.807) is 0 Å². The molecule has 0 unspecified atom stereocenters. The third-order valence-electron chi connectivity index (χ3n) is 2.11. The van der Waals surface area contributed by atoms with Crippen molar-refractivity contribution in [3.63, 3.8) is 0 Å². The van der Waals surface area contributed by atoms with Gasteiger partial charge < -0.3 is 5.32 Å². The maximum atomic E-state index is 13.2. The summed E-state index contributed by atoms with van der Waals surface area (Å²) in [5.41, 5.74) is -0.0848. The zero-order valence-corrected chi connectivity index (χ0v) is 10.1. The highest BCUT2D eigenvalue weighted by molar-refractivity contribution is 7.89. The number of sulfonamides is 1. The highest BCUT2D eigenvalue weighted by atomic mass is 32.2. The SMILES string of the molecule is NS(=O)(=O)c1cc(F)cc(NC(=O)c2cn[nH]n2)c1. The Balaban J connectivity index is 2.31. The Bertz CT molecular complexity index is 713. The second-order valence-electron chi connectivity index (χ2n) is 3.53. The molecule has 0 spiro atoms. The van der Waals surface area contributed by atoms with Crippen molar-refractivity contribution in [2.45, 2.75) is 4.90 Å². The van der Waals surface area contributed by atoms with Gasteiger partial charge in [-0.1, -0.05) is 0 Å². The highest BCUT2D eigenvalue weighted by Gasteiger charge is 2.14. The molecule has 100 valence electrons. The summed E-state index contributed by atoms with van der Waals surface area (Å²) in [6.45, 7) is 0. The fourth-order valence-corrected chi connectivity index (χ4v) is 1.87. The molecular weight excluding hydrogens is 277 g/mol. The summed E-state index contributed by atoms with van der Waals surface area (Å²) in [5, 5.41) is 16.3. The second kappa shape index (κ2) is 4.74. The van der Waals surface area contributed by atoms with Crippen LogP contribution < -0.4 is 10.5 Å². The van der Waals surface area contributed by atoms with E-state index in [1.165, 1.54) is 0 Å². The molecule has 0 saturated carbocycles. The standard InChI is InChI=1S/C9H8FN5O3S/c10-5-1-6(3-7(2-5)19(11,17)18)13-9(16)8-4-12-15-14-8/h1-4H,(H,13,16)(H2,11,17,18)(H,12,14,15). The number of anilines is 1. The second-order valence-corrected chi connectivity index (χ2v) is 5.09. The number of H-pyrrole nitrogens is 1. The molecule has 2 aromatic rings. The van der Waals surface area contributed by atoms with Crippen molar-refractivity contribution in [3.05, 3.63) is 35.9 Å². The number of amides is 1. The van der Waals surface area contributed by atoms with Crippen molar-refractivity contribution >= 4 is 21.6 Å². The van der Waals surface area contributed by atoms with E-state index < -0.39 is 26.6 Å². The van der Waals surface area contributed by atoms with Crippen LogP contribution in [0.3, 0.4) is 0 Å². The first-order valence-corrected chi connectivity index (χ1v) is 6.41. The average Bonchev–Trinajstić information content (AvgIpc) is 2.80. The monoisotopic (exact) mass is 285 g/mol. The lowest BCUT2D eigenvalue weighted by Gasteiger charge is -2.05. The summed E-state index contributed by atoms with van der Waals surface area (Å²) in [6, 6.07) is 2.74. The van der Waals surface area contributed by atoms with Gasteiger partial charge in [0.05, 0.1) is 11.1 Å². The van der Waals surface area contributed by atoms with E-state index >= 15 is 0 Å². The number of hydrogen-bond acceptors (Lipinski definition) is 5. The van der Waals surface area contributed by atoms with Crippen LogP contribution in [0.2, 0.25) is 0 Å². The minimum Gasteiger partial charge on any atom is -0.320 e. The first-order chi connectivity index (χ1) is 8.86. The van der Waals surface area contributed by atoms with E-state index in [2.05, 4.69) is 20.7 Å². The molecule has 0 saturated heterocycles.